The Balaban J connectivity index is 1.35. The number of nitrogen functional groups attached to an aromatic ring is 1. The van der Waals surface area contributed by atoms with Crippen LogP contribution in [0.4, 0.5) is 30.5 Å². The van der Waals surface area contributed by atoms with Crippen molar-refractivity contribution in [2.75, 3.05) is 36.8 Å². The van der Waals surface area contributed by atoms with Gasteiger partial charge >= 0.3 is 6.18 Å². The molecule has 0 fully saturated rings. The molecule has 0 aliphatic carbocycles. The molecule has 4 heterocycles. The number of rotatable bonds is 10. The summed E-state index contributed by atoms with van der Waals surface area (Å²) in [6.45, 7) is 2.47. The highest BCUT2D eigenvalue weighted by atomic mass is 35.5. The van der Waals surface area contributed by atoms with Crippen molar-refractivity contribution in [3.05, 3.63) is 124 Å². The zero-order valence-corrected chi connectivity index (χ0v) is 29.7. The number of aryl methyl sites for hydroxylation is 1. The summed E-state index contributed by atoms with van der Waals surface area (Å²) < 4.78 is 61.8. The topological polar surface area (TPSA) is 123 Å². The molecule has 0 radical (unpaired) electrons. The van der Waals surface area contributed by atoms with Crippen LogP contribution in [0.15, 0.2) is 90.4 Å². The van der Waals surface area contributed by atoms with Gasteiger partial charge in [-0.15, -0.1) is 5.10 Å². The summed E-state index contributed by atoms with van der Waals surface area (Å²) in [5.41, 5.74) is 8.21. The average Bonchev–Trinajstić information content (AvgIpc) is 3.32. The summed E-state index contributed by atoms with van der Waals surface area (Å²) >= 11 is 7.09. The summed E-state index contributed by atoms with van der Waals surface area (Å²) in [4.78, 5) is 13.2. The van der Waals surface area contributed by atoms with Gasteiger partial charge in [0.1, 0.15) is 41.8 Å². The number of halogens is 4. The van der Waals surface area contributed by atoms with E-state index in [9.17, 15) is 0 Å². The van der Waals surface area contributed by atoms with Gasteiger partial charge in [-0.3, -0.25) is 0 Å². The van der Waals surface area contributed by atoms with E-state index >= 15 is 13.2 Å². The lowest BCUT2D eigenvalue weighted by Gasteiger charge is -2.29. The Bertz CT molecular complexity index is 2160. The highest BCUT2D eigenvalue weighted by Crippen LogP contribution is 2.48. The predicted molar refractivity (Wildman–Crippen MR) is 197 cm³/mol. The summed E-state index contributed by atoms with van der Waals surface area (Å²) in [7, 11) is 3.17. The number of nitrogens with one attached hydrogen (secondary N) is 1. The van der Waals surface area contributed by atoms with Crippen LogP contribution >= 0.6 is 11.6 Å². The highest BCUT2D eigenvalue weighted by Gasteiger charge is 2.39. The predicted octanol–water partition coefficient (Wildman–Crippen LogP) is 7.82. The van der Waals surface area contributed by atoms with Gasteiger partial charge in [-0.1, -0.05) is 35.9 Å². The molecule has 0 atom stereocenters. The molecule has 0 saturated heterocycles. The molecular formula is C38H34ClF3N8O3. The number of aromatic nitrogens is 3. The molecule has 0 spiro atoms. The minimum atomic E-state index is -4.76. The van der Waals surface area contributed by atoms with E-state index in [0.717, 1.165) is 11.1 Å². The molecule has 11 nitrogen and oxygen atoms in total. The first-order valence-electron chi connectivity index (χ1n) is 16.4. The molecule has 7 rings (SSSR count). The van der Waals surface area contributed by atoms with E-state index in [1.165, 1.54) is 31.5 Å². The van der Waals surface area contributed by atoms with Crippen molar-refractivity contribution >= 4 is 34.8 Å². The maximum atomic E-state index is 15.0. The molecule has 5 aromatic rings. The van der Waals surface area contributed by atoms with Crippen LogP contribution < -0.4 is 30.2 Å². The van der Waals surface area contributed by atoms with Crippen molar-refractivity contribution < 1.29 is 27.4 Å². The number of aliphatic imine (C=N–C) groups is 1. The van der Waals surface area contributed by atoms with Gasteiger partial charge in [-0.25, -0.2) is 9.98 Å². The van der Waals surface area contributed by atoms with Gasteiger partial charge in [-0.2, -0.15) is 18.3 Å². The highest BCUT2D eigenvalue weighted by molar-refractivity contribution is 6.37. The molecule has 53 heavy (non-hydrogen) atoms. The van der Waals surface area contributed by atoms with Crippen LogP contribution in [0.3, 0.4) is 0 Å². The van der Waals surface area contributed by atoms with Crippen LogP contribution in [0.25, 0.3) is 11.3 Å². The van der Waals surface area contributed by atoms with E-state index in [2.05, 4.69) is 20.5 Å². The van der Waals surface area contributed by atoms with Crippen molar-refractivity contribution in [2.24, 2.45) is 4.99 Å². The molecule has 272 valence electrons. The molecule has 2 aromatic heterocycles. The first-order chi connectivity index (χ1) is 25.5. The number of anilines is 3. The van der Waals surface area contributed by atoms with Crippen molar-refractivity contribution in [3.8, 4) is 28.5 Å². The van der Waals surface area contributed by atoms with Crippen LogP contribution in [0, 0.1) is 6.92 Å². The van der Waals surface area contributed by atoms with E-state index in [0.29, 0.717) is 53.1 Å². The van der Waals surface area contributed by atoms with Crippen LogP contribution in [0.2, 0.25) is 5.02 Å². The minimum Gasteiger partial charge on any atom is -0.497 e. The van der Waals surface area contributed by atoms with Gasteiger partial charge in [0.15, 0.2) is 5.82 Å². The summed E-state index contributed by atoms with van der Waals surface area (Å²) in [5, 5.41) is 10.9. The molecule has 15 heteroatoms. The number of pyridine rings is 1. The van der Waals surface area contributed by atoms with Gasteiger partial charge in [0, 0.05) is 30.4 Å². The Morgan fingerprint density at radius 3 is 2.25 bits per heavy atom. The molecule has 2 aliphatic rings. The number of alkyl halides is 3. The largest absolute Gasteiger partial charge is 0.497 e. The first kappa shape index (κ1) is 35.4. The number of nitrogens with zero attached hydrogens (tertiary/aromatic N) is 6. The SMILES string of the molecule is COc1ccc(CN(Cc2ccc(OC)cc2)c2cc(C)c(C(F)(F)F)c(-c3cc4c5c(c3Cl)NCN=C5N(Cc3ccnnc3N)C=CO4)n2)cc1. The summed E-state index contributed by atoms with van der Waals surface area (Å²) in [6.07, 6.45) is -0.121. The Kier molecular flexibility index (Phi) is 9.71. The molecule has 3 N–H and O–H groups in total. The lowest BCUT2D eigenvalue weighted by Crippen LogP contribution is -2.30. The fourth-order valence-corrected chi connectivity index (χ4v) is 6.65. The fraction of sp³-hybridized carbons (Fsp3) is 0.211. The zero-order chi connectivity index (χ0) is 37.3. The maximum absolute atomic E-state index is 15.0. The molecule has 3 aromatic carbocycles. The number of amidine groups is 1. The van der Waals surface area contributed by atoms with E-state index < -0.39 is 11.7 Å². The Hall–Kier alpha value is -6.02. The van der Waals surface area contributed by atoms with E-state index in [1.54, 1.807) is 31.4 Å². The lowest BCUT2D eigenvalue weighted by atomic mass is 9.97. The number of benzene rings is 3. The van der Waals surface area contributed by atoms with Crippen LogP contribution in [-0.4, -0.2) is 46.8 Å². The number of methoxy groups -OCH3 is 2. The van der Waals surface area contributed by atoms with Crippen LogP contribution in [0.1, 0.15) is 33.4 Å². The third kappa shape index (κ3) is 7.22. The monoisotopic (exact) mass is 742 g/mol. The molecule has 0 bridgehead atoms. The second-order valence-corrected chi connectivity index (χ2v) is 12.7. The molecule has 2 aliphatic heterocycles. The van der Waals surface area contributed by atoms with E-state index in [-0.39, 0.29) is 46.6 Å². The van der Waals surface area contributed by atoms with Gasteiger partial charge in [0.05, 0.1) is 54.5 Å². The van der Waals surface area contributed by atoms with Crippen molar-refractivity contribution in [1.29, 1.82) is 0 Å². The van der Waals surface area contributed by atoms with Gasteiger partial charge < -0.3 is 35.1 Å². The third-order valence-electron chi connectivity index (χ3n) is 8.95. The minimum absolute atomic E-state index is 0.0163. The smallest absolute Gasteiger partial charge is 0.418 e. The Morgan fingerprint density at radius 2 is 1.64 bits per heavy atom. The van der Waals surface area contributed by atoms with Gasteiger partial charge in [0.2, 0.25) is 0 Å². The van der Waals surface area contributed by atoms with E-state index in [4.69, 9.17) is 36.5 Å². The molecule has 0 unspecified atom stereocenters. The van der Waals surface area contributed by atoms with Crippen molar-refractivity contribution in [3.63, 3.8) is 0 Å². The van der Waals surface area contributed by atoms with Gasteiger partial charge in [0.25, 0.3) is 0 Å². The zero-order valence-electron chi connectivity index (χ0n) is 28.9. The third-order valence-corrected chi connectivity index (χ3v) is 9.34. The summed E-state index contributed by atoms with van der Waals surface area (Å²) in [6, 6.07) is 19.7. The van der Waals surface area contributed by atoms with E-state index in [1.807, 2.05) is 53.4 Å². The molecule has 0 amide bonds. The van der Waals surface area contributed by atoms with Crippen LogP contribution in [-0.2, 0) is 25.8 Å². The second kappa shape index (κ2) is 14.5. The first-order valence-corrected chi connectivity index (χ1v) is 16.8. The Morgan fingerprint density at radius 1 is 0.981 bits per heavy atom. The summed E-state index contributed by atoms with van der Waals surface area (Å²) in [5.74, 6) is 2.68. The maximum Gasteiger partial charge on any atom is 0.418 e. The number of ether oxygens (including phenoxy) is 3. The second-order valence-electron chi connectivity index (χ2n) is 12.3. The number of hydrogen-bond donors (Lipinski definition) is 2. The van der Waals surface area contributed by atoms with Crippen molar-refractivity contribution in [2.45, 2.75) is 32.7 Å². The number of nitrogens with two attached hydrogens (primary N) is 1. The van der Waals surface area contributed by atoms with Gasteiger partial charge in [-0.05, 0) is 66.1 Å². The average molecular weight is 743 g/mol. The normalized spacial score (nSPS) is 13.3. The standard InChI is InChI=1S/C38H34ClF3N8O3/c1-22-16-30(50(18-23-4-8-26(51-2)9-5-23)19-24-6-10-27(52-3)11-7-24)47-34(32(22)38(40,41)42)28-17-29-31-35(33(28)39)44-21-45-37(31)49(14-15-53-29)20-25-12-13-46-48-36(25)43/h4-17,44H,18-21H2,1-3H3,(H2,43,48). The molecular weight excluding hydrogens is 709 g/mol. The number of hydrogen-bond acceptors (Lipinski definition) is 11. The fourth-order valence-electron chi connectivity index (χ4n) is 6.35. The Labute approximate surface area is 308 Å². The van der Waals surface area contributed by atoms with Crippen molar-refractivity contribution in [1.82, 2.24) is 20.1 Å². The van der Waals surface area contributed by atoms with Crippen LogP contribution in [0.5, 0.6) is 17.2 Å². The lowest BCUT2D eigenvalue weighted by molar-refractivity contribution is -0.137. The quantitative estimate of drug-likeness (QED) is 0.146. The molecule has 0 saturated carbocycles.